The number of hydrogen-bond acceptors (Lipinski definition) is 4. The van der Waals surface area contributed by atoms with Gasteiger partial charge in [0.15, 0.2) is 6.61 Å². The number of anilines is 1. The minimum Gasteiger partial charge on any atom is -0.493 e. The third kappa shape index (κ3) is 5.37. The molecule has 10 heteroatoms. The molecule has 0 fully saturated rings. The molecular formula is C25H19F4NO5. The zero-order valence-electron chi connectivity index (χ0n) is 18.1. The van der Waals surface area contributed by atoms with E-state index in [9.17, 15) is 27.2 Å². The molecule has 6 nitrogen and oxygen atoms in total. The molecule has 35 heavy (non-hydrogen) atoms. The van der Waals surface area contributed by atoms with Crippen molar-refractivity contribution >= 4 is 17.6 Å². The van der Waals surface area contributed by atoms with Crippen LogP contribution in [0.15, 0.2) is 60.7 Å². The molecule has 0 radical (unpaired) electrons. The number of benzene rings is 3. The number of nitrogens with zero attached hydrogens (tertiary/aromatic N) is 1. The summed E-state index contributed by atoms with van der Waals surface area (Å²) >= 11 is 0. The van der Waals surface area contributed by atoms with Gasteiger partial charge in [0.2, 0.25) is 0 Å². The Hall–Kier alpha value is -4.08. The SMILES string of the molecule is O=C(O)COc1cccc(CCOc2cccc3c2CN(c2ccc(C(F)(F)F)cc2F)C3=O)c1. The number of ether oxygens (including phenoxy) is 2. The number of hydrogen-bond donors (Lipinski definition) is 1. The molecule has 1 aliphatic rings. The summed E-state index contributed by atoms with van der Waals surface area (Å²) in [6.45, 7) is -0.285. The lowest BCUT2D eigenvalue weighted by molar-refractivity contribution is -0.139. The summed E-state index contributed by atoms with van der Waals surface area (Å²) in [5.41, 5.74) is 0.249. The Labute approximate surface area is 197 Å². The third-order valence-corrected chi connectivity index (χ3v) is 5.40. The molecule has 0 atom stereocenters. The van der Waals surface area contributed by atoms with Crippen LogP contribution in [-0.2, 0) is 23.9 Å². The normalized spacial score (nSPS) is 13.0. The van der Waals surface area contributed by atoms with Crippen molar-refractivity contribution in [2.24, 2.45) is 0 Å². The molecule has 3 aromatic rings. The van der Waals surface area contributed by atoms with Crippen molar-refractivity contribution in [1.29, 1.82) is 0 Å². The summed E-state index contributed by atoms with van der Waals surface area (Å²) in [6, 6.07) is 13.8. The quantitative estimate of drug-likeness (QED) is 0.446. The first kappa shape index (κ1) is 24.1. The van der Waals surface area contributed by atoms with Gasteiger partial charge in [-0.15, -0.1) is 0 Å². The number of carbonyl (C=O) groups excluding carboxylic acids is 1. The van der Waals surface area contributed by atoms with Crippen LogP contribution in [0.4, 0.5) is 23.2 Å². The Balaban J connectivity index is 1.45. The Morgan fingerprint density at radius 1 is 1.03 bits per heavy atom. The number of carbonyl (C=O) groups is 2. The maximum atomic E-state index is 14.5. The number of aliphatic carboxylic acids is 1. The fourth-order valence-corrected chi connectivity index (χ4v) is 3.75. The molecule has 1 aliphatic heterocycles. The van der Waals surface area contributed by atoms with Crippen LogP contribution in [0, 0.1) is 5.82 Å². The van der Waals surface area contributed by atoms with Crippen LogP contribution in [0.1, 0.15) is 27.0 Å². The summed E-state index contributed by atoms with van der Waals surface area (Å²) in [4.78, 5) is 24.6. The predicted octanol–water partition coefficient (Wildman–Crippen LogP) is 5.09. The zero-order valence-corrected chi connectivity index (χ0v) is 18.1. The molecular weight excluding hydrogens is 470 g/mol. The first-order chi connectivity index (χ1) is 16.6. The average molecular weight is 489 g/mol. The van der Waals surface area contributed by atoms with Gasteiger partial charge < -0.3 is 19.5 Å². The van der Waals surface area contributed by atoms with Gasteiger partial charge in [-0.05, 0) is 48.0 Å². The molecule has 0 unspecified atom stereocenters. The van der Waals surface area contributed by atoms with Crippen LogP contribution in [-0.4, -0.2) is 30.2 Å². The number of amides is 1. The van der Waals surface area contributed by atoms with E-state index in [2.05, 4.69) is 0 Å². The molecule has 0 aromatic heterocycles. The van der Waals surface area contributed by atoms with Crippen LogP contribution < -0.4 is 14.4 Å². The van der Waals surface area contributed by atoms with E-state index >= 15 is 0 Å². The van der Waals surface area contributed by atoms with Crippen LogP contribution in [0.25, 0.3) is 0 Å². The number of halogens is 4. The highest BCUT2D eigenvalue weighted by Gasteiger charge is 2.35. The zero-order chi connectivity index (χ0) is 25.2. The lowest BCUT2D eigenvalue weighted by Gasteiger charge is -2.18. The monoisotopic (exact) mass is 489 g/mol. The molecule has 0 saturated heterocycles. The summed E-state index contributed by atoms with van der Waals surface area (Å²) in [7, 11) is 0. The summed E-state index contributed by atoms with van der Waals surface area (Å²) < 4.78 is 64.1. The highest BCUT2D eigenvalue weighted by Crippen LogP contribution is 2.37. The number of carboxylic acid groups (broad SMARTS) is 1. The molecule has 1 heterocycles. The summed E-state index contributed by atoms with van der Waals surface area (Å²) in [5.74, 6) is -1.95. The fourth-order valence-electron chi connectivity index (χ4n) is 3.75. The fraction of sp³-hybridized carbons (Fsp3) is 0.200. The average Bonchev–Trinajstić information content (AvgIpc) is 3.14. The standard InChI is InChI=1S/C25H19F4NO5/c26-20-12-16(25(27,28)29)7-8-21(20)30-13-19-18(24(30)33)5-2-6-22(19)34-10-9-15-3-1-4-17(11-15)35-14-23(31)32/h1-8,11-12H,9-10,13-14H2,(H,31,32). The van der Waals surface area contributed by atoms with E-state index in [0.29, 0.717) is 29.5 Å². The highest BCUT2D eigenvalue weighted by molar-refractivity contribution is 6.10. The first-order valence-corrected chi connectivity index (χ1v) is 10.5. The van der Waals surface area contributed by atoms with Gasteiger partial charge in [0.1, 0.15) is 17.3 Å². The largest absolute Gasteiger partial charge is 0.493 e. The molecule has 0 saturated carbocycles. The van der Waals surface area contributed by atoms with E-state index in [0.717, 1.165) is 22.6 Å². The predicted molar refractivity (Wildman–Crippen MR) is 117 cm³/mol. The third-order valence-electron chi connectivity index (χ3n) is 5.40. The number of fused-ring (bicyclic) bond motifs is 1. The van der Waals surface area contributed by atoms with Crippen molar-refractivity contribution in [3.63, 3.8) is 0 Å². The smallest absolute Gasteiger partial charge is 0.416 e. The lowest BCUT2D eigenvalue weighted by Crippen LogP contribution is -2.24. The van der Waals surface area contributed by atoms with E-state index in [1.807, 2.05) is 6.07 Å². The van der Waals surface area contributed by atoms with Gasteiger partial charge >= 0.3 is 12.1 Å². The lowest BCUT2D eigenvalue weighted by atomic mass is 10.1. The first-order valence-electron chi connectivity index (χ1n) is 10.5. The van der Waals surface area contributed by atoms with Gasteiger partial charge in [-0.2, -0.15) is 13.2 Å². The highest BCUT2D eigenvalue weighted by atomic mass is 19.4. The van der Waals surface area contributed by atoms with Crippen LogP contribution in [0.5, 0.6) is 11.5 Å². The number of carboxylic acids is 1. The van der Waals surface area contributed by atoms with Gasteiger partial charge in [0, 0.05) is 17.5 Å². The van der Waals surface area contributed by atoms with Gasteiger partial charge in [-0.25, -0.2) is 9.18 Å². The summed E-state index contributed by atoms with van der Waals surface area (Å²) in [6.07, 6.45) is -4.24. The Kier molecular flexibility index (Phi) is 6.63. The van der Waals surface area contributed by atoms with Gasteiger partial charge in [0.05, 0.1) is 24.4 Å². The van der Waals surface area contributed by atoms with Crippen LogP contribution in [0.2, 0.25) is 0 Å². The molecule has 0 spiro atoms. The minimum atomic E-state index is -4.69. The molecule has 3 aromatic carbocycles. The molecule has 0 bridgehead atoms. The molecule has 0 aliphatic carbocycles. The minimum absolute atomic E-state index is 0.0505. The Morgan fingerprint density at radius 3 is 2.51 bits per heavy atom. The second kappa shape index (κ2) is 9.65. The second-order valence-corrected chi connectivity index (χ2v) is 7.77. The molecule has 1 N–H and O–H groups in total. The molecule has 1 amide bonds. The van der Waals surface area contributed by atoms with Gasteiger partial charge in [-0.3, -0.25) is 4.79 Å². The maximum absolute atomic E-state index is 14.5. The maximum Gasteiger partial charge on any atom is 0.416 e. The van der Waals surface area contributed by atoms with Gasteiger partial charge in [-0.1, -0.05) is 18.2 Å². The van der Waals surface area contributed by atoms with E-state index < -0.39 is 36.0 Å². The van der Waals surface area contributed by atoms with Crippen LogP contribution in [0.3, 0.4) is 0 Å². The van der Waals surface area contributed by atoms with E-state index in [4.69, 9.17) is 14.6 Å². The van der Waals surface area contributed by atoms with E-state index in [1.165, 1.54) is 0 Å². The van der Waals surface area contributed by atoms with Crippen LogP contribution >= 0.6 is 0 Å². The molecule has 182 valence electrons. The van der Waals surface area contributed by atoms with Crippen molar-refractivity contribution in [2.45, 2.75) is 19.1 Å². The number of alkyl halides is 3. The van der Waals surface area contributed by atoms with Crippen molar-refractivity contribution in [3.8, 4) is 11.5 Å². The topological polar surface area (TPSA) is 76.1 Å². The van der Waals surface area contributed by atoms with E-state index in [1.54, 1.807) is 36.4 Å². The van der Waals surface area contributed by atoms with E-state index in [-0.39, 0.29) is 24.4 Å². The summed E-state index contributed by atoms with van der Waals surface area (Å²) in [5, 5.41) is 8.72. The molecule has 4 rings (SSSR count). The number of rotatable bonds is 8. The Bertz CT molecular complexity index is 1270. The second-order valence-electron chi connectivity index (χ2n) is 7.77. The van der Waals surface area contributed by atoms with Crippen molar-refractivity contribution < 1.29 is 41.7 Å². The van der Waals surface area contributed by atoms with Crippen molar-refractivity contribution in [3.05, 3.63) is 88.7 Å². The van der Waals surface area contributed by atoms with Crippen molar-refractivity contribution in [1.82, 2.24) is 0 Å². The van der Waals surface area contributed by atoms with Crippen molar-refractivity contribution in [2.75, 3.05) is 18.1 Å². The van der Waals surface area contributed by atoms with Gasteiger partial charge in [0.25, 0.3) is 5.91 Å². The Morgan fingerprint density at radius 2 is 1.80 bits per heavy atom.